The van der Waals surface area contributed by atoms with E-state index in [4.69, 9.17) is 23.2 Å². The van der Waals surface area contributed by atoms with Crippen molar-refractivity contribution < 1.29 is 5.11 Å². The smallest absolute Gasteiger partial charge is 0.0830 e. The van der Waals surface area contributed by atoms with Crippen molar-refractivity contribution in [2.45, 2.75) is 25.9 Å². The van der Waals surface area contributed by atoms with Crippen molar-refractivity contribution in [3.63, 3.8) is 0 Å². The van der Waals surface area contributed by atoms with Crippen LogP contribution in [0.5, 0.6) is 0 Å². The van der Waals surface area contributed by atoms with Gasteiger partial charge in [0.25, 0.3) is 0 Å². The van der Waals surface area contributed by atoms with Crippen molar-refractivity contribution in [2.24, 2.45) is 0 Å². The van der Waals surface area contributed by atoms with Crippen LogP contribution >= 0.6 is 23.2 Å². The molecule has 3 heteroatoms. The Balaban J connectivity index is 2.10. The molecule has 0 saturated carbocycles. The van der Waals surface area contributed by atoms with Crippen LogP contribution in [0, 0.1) is 0 Å². The van der Waals surface area contributed by atoms with E-state index in [0.29, 0.717) is 16.5 Å². The standard InChI is InChI=1S/C16H16Cl2O/c1-2-11-3-5-12(6-4-11)9-16(19)13-7-8-14(17)15(18)10-13/h3-8,10,16,19H,2,9H2,1H3. The highest BCUT2D eigenvalue weighted by Crippen LogP contribution is 2.27. The molecule has 1 unspecified atom stereocenters. The van der Waals surface area contributed by atoms with Crippen LogP contribution < -0.4 is 0 Å². The minimum absolute atomic E-state index is 0.472. The molecule has 0 fully saturated rings. The van der Waals surface area contributed by atoms with E-state index in [9.17, 15) is 5.11 Å². The molecule has 0 saturated heterocycles. The van der Waals surface area contributed by atoms with Crippen molar-refractivity contribution in [2.75, 3.05) is 0 Å². The van der Waals surface area contributed by atoms with E-state index in [-0.39, 0.29) is 0 Å². The van der Waals surface area contributed by atoms with Gasteiger partial charge in [-0.25, -0.2) is 0 Å². The predicted molar refractivity (Wildman–Crippen MR) is 80.9 cm³/mol. The van der Waals surface area contributed by atoms with Crippen LogP contribution in [0.1, 0.15) is 29.7 Å². The van der Waals surface area contributed by atoms with Crippen LogP contribution in [0.4, 0.5) is 0 Å². The Hall–Kier alpha value is -1.02. The summed E-state index contributed by atoms with van der Waals surface area (Å²) in [5.74, 6) is 0. The number of hydrogen-bond donors (Lipinski definition) is 1. The van der Waals surface area contributed by atoms with Crippen molar-refractivity contribution in [1.29, 1.82) is 0 Å². The Bertz CT molecular complexity index is 549. The summed E-state index contributed by atoms with van der Waals surface area (Å²) in [5, 5.41) is 11.2. The summed E-state index contributed by atoms with van der Waals surface area (Å²) in [4.78, 5) is 0. The summed E-state index contributed by atoms with van der Waals surface area (Å²) in [6.07, 6.45) is 1.03. The Morgan fingerprint density at radius 1 is 0.947 bits per heavy atom. The van der Waals surface area contributed by atoms with Gasteiger partial charge in [-0.05, 0) is 35.2 Å². The SMILES string of the molecule is CCc1ccc(CC(O)c2ccc(Cl)c(Cl)c2)cc1. The average molecular weight is 295 g/mol. The average Bonchev–Trinajstić information content (AvgIpc) is 2.42. The van der Waals surface area contributed by atoms with Gasteiger partial charge in [-0.2, -0.15) is 0 Å². The van der Waals surface area contributed by atoms with Crippen LogP contribution in [-0.4, -0.2) is 5.11 Å². The number of rotatable bonds is 4. The number of aryl methyl sites for hydroxylation is 1. The maximum Gasteiger partial charge on any atom is 0.0830 e. The first-order chi connectivity index (χ1) is 9.10. The van der Waals surface area contributed by atoms with Crippen LogP contribution in [0.15, 0.2) is 42.5 Å². The number of aliphatic hydroxyl groups is 1. The largest absolute Gasteiger partial charge is 0.388 e. The van der Waals surface area contributed by atoms with Gasteiger partial charge in [-0.15, -0.1) is 0 Å². The lowest BCUT2D eigenvalue weighted by Gasteiger charge is -2.12. The number of hydrogen-bond acceptors (Lipinski definition) is 1. The molecule has 1 atom stereocenters. The van der Waals surface area contributed by atoms with Gasteiger partial charge < -0.3 is 5.11 Å². The molecule has 0 aliphatic carbocycles. The first-order valence-electron chi connectivity index (χ1n) is 6.31. The summed E-state index contributed by atoms with van der Waals surface area (Å²) in [7, 11) is 0. The molecule has 0 amide bonds. The van der Waals surface area contributed by atoms with E-state index in [1.165, 1.54) is 5.56 Å². The third-order valence-corrected chi connectivity index (χ3v) is 3.93. The fourth-order valence-electron chi connectivity index (χ4n) is 1.97. The van der Waals surface area contributed by atoms with Crippen LogP contribution in [0.3, 0.4) is 0 Å². The maximum absolute atomic E-state index is 10.2. The third kappa shape index (κ3) is 3.73. The molecular formula is C16H16Cl2O. The molecule has 0 aliphatic heterocycles. The molecule has 2 rings (SSSR count). The monoisotopic (exact) mass is 294 g/mol. The molecule has 0 heterocycles. The van der Waals surface area contributed by atoms with Gasteiger partial charge in [0.2, 0.25) is 0 Å². The number of benzene rings is 2. The van der Waals surface area contributed by atoms with Gasteiger partial charge in [0.15, 0.2) is 0 Å². The molecule has 19 heavy (non-hydrogen) atoms. The summed E-state index contributed by atoms with van der Waals surface area (Å²) < 4.78 is 0. The normalized spacial score (nSPS) is 12.4. The minimum atomic E-state index is -0.567. The Labute approximate surface area is 123 Å². The summed E-state index contributed by atoms with van der Waals surface area (Å²) in [6, 6.07) is 13.5. The van der Waals surface area contributed by atoms with Crippen molar-refractivity contribution in [3.05, 3.63) is 69.2 Å². The van der Waals surface area contributed by atoms with Crippen LogP contribution in [-0.2, 0) is 12.8 Å². The van der Waals surface area contributed by atoms with Gasteiger partial charge in [0, 0.05) is 6.42 Å². The first-order valence-corrected chi connectivity index (χ1v) is 7.06. The van der Waals surface area contributed by atoms with E-state index in [2.05, 4.69) is 31.2 Å². The second-order valence-corrected chi connectivity index (χ2v) is 5.38. The fourth-order valence-corrected chi connectivity index (χ4v) is 2.28. The molecule has 0 aromatic heterocycles. The Morgan fingerprint density at radius 2 is 1.58 bits per heavy atom. The van der Waals surface area contributed by atoms with Crippen LogP contribution in [0.2, 0.25) is 10.0 Å². The van der Waals surface area contributed by atoms with E-state index in [0.717, 1.165) is 17.5 Å². The van der Waals surface area contributed by atoms with Gasteiger partial charge in [0.05, 0.1) is 16.1 Å². The third-order valence-electron chi connectivity index (χ3n) is 3.19. The molecule has 100 valence electrons. The van der Waals surface area contributed by atoms with E-state index in [1.807, 2.05) is 0 Å². The molecule has 0 bridgehead atoms. The zero-order valence-corrected chi connectivity index (χ0v) is 12.2. The van der Waals surface area contributed by atoms with Gasteiger partial charge in [-0.1, -0.05) is 60.5 Å². The van der Waals surface area contributed by atoms with Crippen molar-refractivity contribution in [1.82, 2.24) is 0 Å². The topological polar surface area (TPSA) is 20.2 Å². The maximum atomic E-state index is 10.2. The second kappa shape index (κ2) is 6.42. The Kier molecular flexibility index (Phi) is 4.87. The summed E-state index contributed by atoms with van der Waals surface area (Å²) >= 11 is 11.8. The van der Waals surface area contributed by atoms with Crippen molar-refractivity contribution >= 4 is 23.2 Å². The lowest BCUT2D eigenvalue weighted by molar-refractivity contribution is 0.178. The highest BCUT2D eigenvalue weighted by atomic mass is 35.5. The van der Waals surface area contributed by atoms with Crippen LogP contribution in [0.25, 0.3) is 0 Å². The molecular weight excluding hydrogens is 279 g/mol. The quantitative estimate of drug-likeness (QED) is 0.856. The molecule has 2 aromatic rings. The fraction of sp³-hybridized carbons (Fsp3) is 0.250. The zero-order chi connectivity index (χ0) is 13.8. The van der Waals surface area contributed by atoms with E-state index in [1.54, 1.807) is 18.2 Å². The molecule has 2 aromatic carbocycles. The van der Waals surface area contributed by atoms with Gasteiger partial charge in [0.1, 0.15) is 0 Å². The molecule has 0 spiro atoms. The molecule has 0 radical (unpaired) electrons. The van der Waals surface area contributed by atoms with Crippen molar-refractivity contribution in [3.8, 4) is 0 Å². The Morgan fingerprint density at radius 3 is 2.16 bits per heavy atom. The number of aliphatic hydroxyl groups excluding tert-OH is 1. The zero-order valence-electron chi connectivity index (χ0n) is 10.7. The first kappa shape index (κ1) is 14.4. The highest BCUT2D eigenvalue weighted by Gasteiger charge is 2.10. The highest BCUT2D eigenvalue weighted by molar-refractivity contribution is 6.42. The molecule has 0 aliphatic rings. The summed E-state index contributed by atoms with van der Waals surface area (Å²) in [5.41, 5.74) is 3.19. The summed E-state index contributed by atoms with van der Waals surface area (Å²) in [6.45, 7) is 2.12. The number of halogens is 2. The van der Waals surface area contributed by atoms with E-state index < -0.39 is 6.10 Å². The predicted octanol–water partition coefficient (Wildman–Crippen LogP) is 4.83. The minimum Gasteiger partial charge on any atom is -0.388 e. The lowest BCUT2D eigenvalue weighted by atomic mass is 10.0. The molecule has 1 N–H and O–H groups in total. The van der Waals surface area contributed by atoms with E-state index >= 15 is 0 Å². The lowest BCUT2D eigenvalue weighted by Crippen LogP contribution is -2.02. The van der Waals surface area contributed by atoms with Gasteiger partial charge >= 0.3 is 0 Å². The molecule has 1 nitrogen and oxygen atoms in total. The second-order valence-electron chi connectivity index (χ2n) is 4.56. The van der Waals surface area contributed by atoms with Gasteiger partial charge in [-0.3, -0.25) is 0 Å².